The maximum atomic E-state index is 10.9. The fraction of sp³-hybridized carbons (Fsp3) is 0.125. The van der Waals surface area contributed by atoms with Crippen LogP contribution in [0.2, 0.25) is 0 Å². The fourth-order valence-corrected chi connectivity index (χ4v) is 0.793. The third kappa shape index (κ3) is 1.96. The lowest BCUT2D eigenvalue weighted by molar-refractivity contribution is 0.0602. The van der Waals surface area contributed by atoms with Crippen molar-refractivity contribution in [3.63, 3.8) is 0 Å². The van der Waals surface area contributed by atoms with Gasteiger partial charge in [0, 0.05) is 5.69 Å². The quantitative estimate of drug-likeness (QED) is 0.482. The molecule has 66 valence electrons. The Morgan fingerprint density at radius 1 is 1.42 bits per heavy atom. The van der Waals surface area contributed by atoms with E-state index in [0.29, 0.717) is 11.3 Å². The van der Waals surface area contributed by atoms with Crippen LogP contribution in [0.1, 0.15) is 10.4 Å². The standard InChI is InChI=1S/C8H9NO2.H2O/c1-11-8(10)6-4-2-3-5-7(6)9;/h2-5H,9H2,1H3;1H2. The van der Waals surface area contributed by atoms with Gasteiger partial charge in [-0.25, -0.2) is 4.79 Å². The van der Waals surface area contributed by atoms with Crippen molar-refractivity contribution in [1.29, 1.82) is 0 Å². The van der Waals surface area contributed by atoms with Gasteiger partial charge in [0.25, 0.3) is 0 Å². The van der Waals surface area contributed by atoms with Crippen LogP contribution in [-0.2, 0) is 4.74 Å². The Morgan fingerprint density at radius 2 is 2.00 bits per heavy atom. The average Bonchev–Trinajstić information content (AvgIpc) is 2.04. The second-order valence-corrected chi connectivity index (χ2v) is 2.08. The summed E-state index contributed by atoms with van der Waals surface area (Å²) in [6.45, 7) is 0. The van der Waals surface area contributed by atoms with Crippen LogP contribution >= 0.6 is 0 Å². The van der Waals surface area contributed by atoms with E-state index in [1.54, 1.807) is 24.3 Å². The summed E-state index contributed by atoms with van der Waals surface area (Å²) in [6.07, 6.45) is 0. The van der Waals surface area contributed by atoms with Crippen molar-refractivity contribution in [2.75, 3.05) is 12.8 Å². The number of anilines is 1. The minimum atomic E-state index is -0.400. The van der Waals surface area contributed by atoms with Crippen LogP contribution in [0, 0.1) is 0 Å². The second kappa shape index (κ2) is 4.35. The van der Waals surface area contributed by atoms with E-state index >= 15 is 0 Å². The molecule has 0 amide bonds. The average molecular weight is 169 g/mol. The molecule has 0 aromatic heterocycles. The van der Waals surface area contributed by atoms with E-state index in [0.717, 1.165) is 0 Å². The molecule has 4 nitrogen and oxygen atoms in total. The molecule has 12 heavy (non-hydrogen) atoms. The number of carbonyl (C=O) groups excluding carboxylic acids is 1. The number of rotatable bonds is 1. The first-order valence-electron chi connectivity index (χ1n) is 3.18. The second-order valence-electron chi connectivity index (χ2n) is 2.08. The summed E-state index contributed by atoms with van der Waals surface area (Å²) in [5.41, 5.74) is 6.35. The monoisotopic (exact) mass is 169 g/mol. The zero-order chi connectivity index (χ0) is 8.27. The molecule has 0 bridgehead atoms. The molecule has 0 unspecified atom stereocenters. The van der Waals surface area contributed by atoms with Crippen LogP contribution in [-0.4, -0.2) is 18.6 Å². The molecule has 0 saturated heterocycles. The van der Waals surface area contributed by atoms with Gasteiger partial charge in [-0.3, -0.25) is 0 Å². The molecule has 0 heterocycles. The maximum absolute atomic E-state index is 10.9. The largest absolute Gasteiger partial charge is 0.465 e. The van der Waals surface area contributed by atoms with E-state index in [4.69, 9.17) is 5.73 Å². The molecule has 0 fully saturated rings. The summed E-state index contributed by atoms with van der Waals surface area (Å²) in [5.74, 6) is -0.400. The van der Waals surface area contributed by atoms with Gasteiger partial charge in [-0.1, -0.05) is 12.1 Å². The molecule has 0 saturated carbocycles. The molecule has 0 atom stereocenters. The van der Waals surface area contributed by atoms with E-state index in [1.165, 1.54) is 7.11 Å². The van der Waals surface area contributed by atoms with E-state index in [-0.39, 0.29) is 5.48 Å². The molecule has 0 aliphatic carbocycles. The molecular weight excluding hydrogens is 158 g/mol. The first-order valence-corrected chi connectivity index (χ1v) is 3.18. The van der Waals surface area contributed by atoms with Crippen LogP contribution in [0.25, 0.3) is 0 Å². The first kappa shape index (κ1) is 10.4. The number of para-hydroxylation sites is 1. The van der Waals surface area contributed by atoms with Crippen molar-refractivity contribution >= 4 is 11.7 Å². The summed E-state index contributed by atoms with van der Waals surface area (Å²) >= 11 is 0. The Morgan fingerprint density at radius 3 is 2.50 bits per heavy atom. The lowest BCUT2D eigenvalue weighted by Gasteiger charge is -2.00. The predicted octanol–water partition coefficient (Wildman–Crippen LogP) is 0.231. The van der Waals surface area contributed by atoms with E-state index < -0.39 is 5.97 Å². The normalized spacial score (nSPS) is 8.42. The molecule has 4 heteroatoms. The Kier molecular flexibility index (Phi) is 3.79. The molecule has 1 aromatic carbocycles. The summed E-state index contributed by atoms with van der Waals surface area (Å²) in [6, 6.07) is 6.79. The Labute approximate surface area is 70.3 Å². The Hall–Kier alpha value is -1.55. The molecular formula is C8H11NO3. The van der Waals surface area contributed by atoms with Gasteiger partial charge >= 0.3 is 5.97 Å². The van der Waals surface area contributed by atoms with Crippen LogP contribution in [0.15, 0.2) is 24.3 Å². The van der Waals surface area contributed by atoms with Crippen LogP contribution in [0.4, 0.5) is 5.69 Å². The van der Waals surface area contributed by atoms with Gasteiger partial charge in [-0.05, 0) is 12.1 Å². The van der Waals surface area contributed by atoms with E-state index in [9.17, 15) is 4.79 Å². The van der Waals surface area contributed by atoms with Gasteiger partial charge < -0.3 is 15.9 Å². The predicted molar refractivity (Wildman–Crippen MR) is 45.8 cm³/mol. The number of nitrogen functional groups attached to an aromatic ring is 1. The molecule has 0 aliphatic rings. The number of ether oxygens (including phenoxy) is 1. The topological polar surface area (TPSA) is 83.8 Å². The van der Waals surface area contributed by atoms with Crippen molar-refractivity contribution in [2.24, 2.45) is 0 Å². The molecule has 0 radical (unpaired) electrons. The molecule has 1 rings (SSSR count). The highest BCUT2D eigenvalue weighted by atomic mass is 16.5. The number of hydrogen-bond donors (Lipinski definition) is 1. The highest BCUT2D eigenvalue weighted by Crippen LogP contribution is 2.10. The van der Waals surface area contributed by atoms with Gasteiger partial charge in [0.05, 0.1) is 12.7 Å². The number of benzene rings is 1. The van der Waals surface area contributed by atoms with E-state index in [2.05, 4.69) is 4.74 Å². The fourth-order valence-electron chi connectivity index (χ4n) is 0.793. The zero-order valence-electron chi connectivity index (χ0n) is 6.70. The van der Waals surface area contributed by atoms with Gasteiger partial charge in [0.1, 0.15) is 0 Å². The molecule has 4 N–H and O–H groups in total. The molecule has 0 spiro atoms. The number of methoxy groups -OCH3 is 1. The summed E-state index contributed by atoms with van der Waals surface area (Å²) in [5, 5.41) is 0. The third-order valence-electron chi connectivity index (χ3n) is 1.37. The van der Waals surface area contributed by atoms with Crippen molar-refractivity contribution in [3.05, 3.63) is 29.8 Å². The van der Waals surface area contributed by atoms with Gasteiger partial charge in [0.15, 0.2) is 0 Å². The lowest BCUT2D eigenvalue weighted by Crippen LogP contribution is -2.04. The van der Waals surface area contributed by atoms with Gasteiger partial charge in [0.2, 0.25) is 0 Å². The van der Waals surface area contributed by atoms with Crippen molar-refractivity contribution in [2.45, 2.75) is 0 Å². The molecule has 0 aliphatic heterocycles. The van der Waals surface area contributed by atoms with Gasteiger partial charge in [-0.2, -0.15) is 0 Å². The summed E-state index contributed by atoms with van der Waals surface area (Å²) in [4.78, 5) is 10.9. The highest BCUT2D eigenvalue weighted by Gasteiger charge is 2.06. The Bertz CT molecular complexity index is 273. The third-order valence-corrected chi connectivity index (χ3v) is 1.37. The van der Waals surface area contributed by atoms with Crippen molar-refractivity contribution in [1.82, 2.24) is 0 Å². The van der Waals surface area contributed by atoms with Gasteiger partial charge in [-0.15, -0.1) is 0 Å². The Balaban J connectivity index is 0.00000121. The number of carbonyl (C=O) groups is 1. The van der Waals surface area contributed by atoms with E-state index in [1.807, 2.05) is 0 Å². The number of nitrogens with two attached hydrogens (primary N) is 1. The van der Waals surface area contributed by atoms with Crippen LogP contribution in [0.3, 0.4) is 0 Å². The first-order chi connectivity index (χ1) is 5.25. The minimum Gasteiger partial charge on any atom is -0.465 e. The zero-order valence-corrected chi connectivity index (χ0v) is 6.70. The van der Waals surface area contributed by atoms with Crippen LogP contribution < -0.4 is 5.73 Å². The van der Waals surface area contributed by atoms with Crippen LogP contribution in [0.5, 0.6) is 0 Å². The minimum absolute atomic E-state index is 0. The molecule has 1 aromatic rings. The SMILES string of the molecule is COC(=O)c1ccccc1N.O. The summed E-state index contributed by atoms with van der Waals surface area (Å²) < 4.78 is 4.50. The maximum Gasteiger partial charge on any atom is 0.339 e. The highest BCUT2D eigenvalue weighted by molar-refractivity contribution is 5.94. The lowest BCUT2D eigenvalue weighted by atomic mass is 10.2. The number of esters is 1. The van der Waals surface area contributed by atoms with Crippen molar-refractivity contribution < 1.29 is 15.0 Å². The summed E-state index contributed by atoms with van der Waals surface area (Å²) in [7, 11) is 1.33. The smallest absolute Gasteiger partial charge is 0.339 e. The number of hydrogen-bond acceptors (Lipinski definition) is 3. The van der Waals surface area contributed by atoms with Crippen molar-refractivity contribution in [3.8, 4) is 0 Å².